The molecule has 2 atom stereocenters. The van der Waals surface area contributed by atoms with Gasteiger partial charge in [0, 0.05) is 31.4 Å². The first kappa shape index (κ1) is 18.2. The van der Waals surface area contributed by atoms with E-state index in [0.29, 0.717) is 43.9 Å². The normalized spacial score (nSPS) is 24.6. The molecule has 9 heteroatoms. The van der Waals surface area contributed by atoms with E-state index in [1.54, 1.807) is 13.0 Å². The van der Waals surface area contributed by atoms with Gasteiger partial charge in [-0.05, 0) is 43.5 Å². The number of carbonyl (C=O) groups is 1. The molecule has 138 valence electrons. The summed E-state index contributed by atoms with van der Waals surface area (Å²) in [5.41, 5.74) is 0.947. The fraction of sp³-hybridized carbons (Fsp3) is 0.562. The highest BCUT2D eigenvalue weighted by Gasteiger charge is 2.36. The smallest absolute Gasteiger partial charge is 0.279 e. The molecule has 1 aromatic carbocycles. The van der Waals surface area contributed by atoms with Gasteiger partial charge in [-0.25, -0.2) is 4.39 Å². The SMILES string of the molecule is Cc1cc(NC(=O)C2CCN(S(=O)(=O)N[C@H]3CCOC3)C2)ccc1F. The lowest BCUT2D eigenvalue weighted by atomic mass is 10.1. The number of benzene rings is 1. The largest absolute Gasteiger partial charge is 0.380 e. The van der Waals surface area contributed by atoms with Gasteiger partial charge in [-0.15, -0.1) is 0 Å². The molecule has 0 aromatic heterocycles. The van der Waals surface area contributed by atoms with Crippen LogP contribution >= 0.6 is 0 Å². The van der Waals surface area contributed by atoms with E-state index in [2.05, 4.69) is 10.0 Å². The summed E-state index contributed by atoms with van der Waals surface area (Å²) in [6.45, 7) is 2.97. The molecule has 2 aliphatic rings. The lowest BCUT2D eigenvalue weighted by molar-refractivity contribution is -0.119. The van der Waals surface area contributed by atoms with Gasteiger partial charge in [0.05, 0.1) is 12.5 Å². The molecular weight excluding hydrogens is 349 g/mol. The van der Waals surface area contributed by atoms with Crippen LogP contribution in [0.5, 0.6) is 0 Å². The minimum atomic E-state index is -3.62. The van der Waals surface area contributed by atoms with Crippen LogP contribution in [0.15, 0.2) is 18.2 Å². The number of carbonyl (C=O) groups excluding carboxylic acids is 1. The lowest BCUT2D eigenvalue weighted by Crippen LogP contribution is -2.45. The molecule has 7 nitrogen and oxygen atoms in total. The van der Waals surface area contributed by atoms with Crippen molar-refractivity contribution in [1.29, 1.82) is 0 Å². The number of hydrogen-bond acceptors (Lipinski definition) is 4. The molecular formula is C16H22FN3O4S. The van der Waals surface area contributed by atoms with Crippen LogP contribution in [0.3, 0.4) is 0 Å². The summed E-state index contributed by atoms with van der Waals surface area (Å²) < 4.78 is 47.1. The second kappa shape index (κ2) is 7.36. The van der Waals surface area contributed by atoms with Gasteiger partial charge in [-0.2, -0.15) is 17.4 Å². The monoisotopic (exact) mass is 371 g/mol. The highest BCUT2D eigenvalue weighted by molar-refractivity contribution is 7.87. The number of amides is 1. The molecule has 0 saturated carbocycles. The second-order valence-electron chi connectivity index (χ2n) is 6.48. The van der Waals surface area contributed by atoms with E-state index in [-0.39, 0.29) is 24.3 Å². The molecule has 2 heterocycles. The zero-order chi connectivity index (χ0) is 18.0. The molecule has 0 radical (unpaired) electrons. The maximum atomic E-state index is 13.3. The third kappa shape index (κ3) is 4.35. The average molecular weight is 371 g/mol. The van der Waals surface area contributed by atoms with Gasteiger partial charge < -0.3 is 10.1 Å². The highest BCUT2D eigenvalue weighted by atomic mass is 32.2. The van der Waals surface area contributed by atoms with Crippen LogP contribution in [0.25, 0.3) is 0 Å². The molecule has 1 unspecified atom stereocenters. The zero-order valence-electron chi connectivity index (χ0n) is 14.0. The Kier molecular flexibility index (Phi) is 5.38. The summed E-state index contributed by atoms with van der Waals surface area (Å²) in [5, 5.41) is 2.73. The third-order valence-electron chi connectivity index (χ3n) is 4.53. The van der Waals surface area contributed by atoms with Crippen LogP contribution in [-0.4, -0.2) is 51.0 Å². The number of nitrogens with zero attached hydrogens (tertiary/aromatic N) is 1. The molecule has 2 saturated heterocycles. The van der Waals surface area contributed by atoms with Crippen molar-refractivity contribution in [2.75, 3.05) is 31.6 Å². The van der Waals surface area contributed by atoms with Gasteiger partial charge in [0.2, 0.25) is 5.91 Å². The quantitative estimate of drug-likeness (QED) is 0.809. The third-order valence-corrected chi connectivity index (χ3v) is 6.18. The number of halogens is 1. The molecule has 3 rings (SSSR count). The van der Waals surface area contributed by atoms with Crippen molar-refractivity contribution in [2.45, 2.75) is 25.8 Å². The molecule has 1 aromatic rings. The number of ether oxygens (including phenoxy) is 1. The molecule has 2 aliphatic heterocycles. The van der Waals surface area contributed by atoms with Crippen LogP contribution in [-0.2, 0) is 19.7 Å². The van der Waals surface area contributed by atoms with Crippen LogP contribution in [0.1, 0.15) is 18.4 Å². The molecule has 0 bridgehead atoms. The van der Waals surface area contributed by atoms with Crippen LogP contribution < -0.4 is 10.0 Å². The van der Waals surface area contributed by atoms with Gasteiger partial charge in [0.25, 0.3) is 10.2 Å². The van der Waals surface area contributed by atoms with Crippen molar-refractivity contribution in [3.8, 4) is 0 Å². The topological polar surface area (TPSA) is 87.7 Å². The standard InChI is InChI=1S/C16H22FN3O4S/c1-11-8-13(2-3-15(11)17)18-16(21)12-4-6-20(9-12)25(22,23)19-14-5-7-24-10-14/h2-3,8,12,14,19H,4-7,9-10H2,1H3,(H,18,21)/t12?,14-/m0/s1. The Bertz CT molecular complexity index is 750. The van der Waals surface area contributed by atoms with E-state index in [9.17, 15) is 17.6 Å². The molecule has 25 heavy (non-hydrogen) atoms. The van der Waals surface area contributed by atoms with Crippen LogP contribution in [0.2, 0.25) is 0 Å². The van der Waals surface area contributed by atoms with Gasteiger partial charge in [0.1, 0.15) is 5.82 Å². The zero-order valence-corrected chi connectivity index (χ0v) is 14.8. The average Bonchev–Trinajstić information content (AvgIpc) is 3.22. The fourth-order valence-corrected chi connectivity index (χ4v) is 4.52. The van der Waals surface area contributed by atoms with Crippen molar-refractivity contribution in [2.24, 2.45) is 5.92 Å². The first-order valence-electron chi connectivity index (χ1n) is 8.27. The Morgan fingerprint density at radius 3 is 2.84 bits per heavy atom. The van der Waals surface area contributed by atoms with Gasteiger partial charge in [-0.1, -0.05) is 0 Å². The van der Waals surface area contributed by atoms with Crippen molar-refractivity contribution in [3.05, 3.63) is 29.6 Å². The maximum absolute atomic E-state index is 13.3. The summed E-state index contributed by atoms with van der Waals surface area (Å²) in [6, 6.07) is 4.13. The molecule has 1 amide bonds. The minimum Gasteiger partial charge on any atom is -0.380 e. The van der Waals surface area contributed by atoms with E-state index < -0.39 is 16.1 Å². The maximum Gasteiger partial charge on any atom is 0.279 e. The van der Waals surface area contributed by atoms with Crippen LogP contribution in [0, 0.1) is 18.7 Å². The molecule has 2 N–H and O–H groups in total. The Balaban J connectivity index is 1.57. The number of nitrogens with one attached hydrogen (secondary N) is 2. The summed E-state index contributed by atoms with van der Waals surface area (Å²) in [6.07, 6.45) is 1.11. The fourth-order valence-electron chi connectivity index (χ4n) is 3.04. The van der Waals surface area contributed by atoms with Crippen LogP contribution in [0.4, 0.5) is 10.1 Å². The highest BCUT2D eigenvalue weighted by Crippen LogP contribution is 2.22. The van der Waals surface area contributed by atoms with E-state index in [1.165, 1.54) is 16.4 Å². The number of aryl methyl sites for hydroxylation is 1. The van der Waals surface area contributed by atoms with Gasteiger partial charge in [-0.3, -0.25) is 4.79 Å². The summed E-state index contributed by atoms with van der Waals surface area (Å²) in [5.74, 6) is -1.02. The molecule has 0 spiro atoms. The van der Waals surface area contributed by atoms with E-state index >= 15 is 0 Å². The van der Waals surface area contributed by atoms with Gasteiger partial charge in [0.15, 0.2) is 0 Å². The van der Waals surface area contributed by atoms with Crippen molar-refractivity contribution >= 4 is 21.8 Å². The Morgan fingerprint density at radius 1 is 1.36 bits per heavy atom. The minimum absolute atomic E-state index is 0.134. The van der Waals surface area contributed by atoms with E-state index in [4.69, 9.17) is 4.74 Å². The first-order chi connectivity index (χ1) is 11.8. The Morgan fingerprint density at radius 2 is 2.16 bits per heavy atom. The number of anilines is 1. The predicted molar refractivity (Wildman–Crippen MR) is 90.7 cm³/mol. The second-order valence-corrected chi connectivity index (χ2v) is 8.18. The summed E-state index contributed by atoms with van der Waals surface area (Å²) in [7, 11) is -3.62. The summed E-state index contributed by atoms with van der Waals surface area (Å²) >= 11 is 0. The van der Waals surface area contributed by atoms with Crippen molar-refractivity contribution in [3.63, 3.8) is 0 Å². The predicted octanol–water partition coefficient (Wildman–Crippen LogP) is 1.02. The molecule has 2 fully saturated rings. The van der Waals surface area contributed by atoms with Gasteiger partial charge >= 0.3 is 0 Å². The number of hydrogen-bond donors (Lipinski definition) is 2. The first-order valence-corrected chi connectivity index (χ1v) is 9.71. The lowest BCUT2D eigenvalue weighted by Gasteiger charge is -2.19. The van der Waals surface area contributed by atoms with E-state index in [0.717, 1.165) is 0 Å². The number of rotatable bonds is 5. The van der Waals surface area contributed by atoms with Crippen molar-refractivity contribution in [1.82, 2.24) is 9.03 Å². The van der Waals surface area contributed by atoms with Crippen molar-refractivity contribution < 1.29 is 22.3 Å². The molecule has 0 aliphatic carbocycles. The summed E-state index contributed by atoms with van der Waals surface area (Å²) in [4.78, 5) is 12.4. The Hall–Kier alpha value is -1.55. The van der Waals surface area contributed by atoms with E-state index in [1.807, 2.05) is 0 Å². The Labute approximate surface area is 146 Å².